The van der Waals surface area contributed by atoms with E-state index in [2.05, 4.69) is 22.5 Å². The zero-order valence-corrected chi connectivity index (χ0v) is 14.4. The van der Waals surface area contributed by atoms with Crippen LogP contribution in [0.15, 0.2) is 54.6 Å². The van der Waals surface area contributed by atoms with E-state index in [0.717, 1.165) is 16.8 Å². The quantitative estimate of drug-likeness (QED) is 0.438. The van der Waals surface area contributed by atoms with Crippen LogP contribution in [0.5, 0.6) is 0 Å². The Morgan fingerprint density at radius 1 is 1.12 bits per heavy atom. The SMILES string of the molecule is NC(=S)Nc1ccc(C#CCCNC(=O)OCc2ccccc2)cc1. The van der Waals surface area contributed by atoms with Gasteiger partial charge >= 0.3 is 6.09 Å². The molecule has 0 heterocycles. The molecule has 2 rings (SSSR count). The second-order valence-electron chi connectivity index (χ2n) is 5.11. The van der Waals surface area contributed by atoms with Crippen LogP contribution in [0.2, 0.25) is 0 Å². The lowest BCUT2D eigenvalue weighted by Gasteiger charge is -2.05. The van der Waals surface area contributed by atoms with Gasteiger partial charge in [-0.25, -0.2) is 4.79 Å². The topological polar surface area (TPSA) is 76.4 Å². The molecule has 0 atom stereocenters. The van der Waals surface area contributed by atoms with Crippen LogP contribution in [0.25, 0.3) is 0 Å². The van der Waals surface area contributed by atoms with Crippen molar-refractivity contribution in [3.8, 4) is 11.8 Å². The van der Waals surface area contributed by atoms with E-state index in [1.807, 2.05) is 54.6 Å². The van der Waals surface area contributed by atoms with Crippen molar-refractivity contribution in [1.82, 2.24) is 5.32 Å². The number of nitrogens with two attached hydrogens (primary N) is 1. The number of benzene rings is 2. The van der Waals surface area contributed by atoms with E-state index in [-0.39, 0.29) is 11.7 Å². The third kappa shape index (κ3) is 7.38. The second kappa shape index (κ2) is 9.96. The highest BCUT2D eigenvalue weighted by Crippen LogP contribution is 2.08. The summed E-state index contributed by atoms with van der Waals surface area (Å²) in [5, 5.41) is 5.74. The van der Waals surface area contributed by atoms with E-state index in [0.29, 0.717) is 13.0 Å². The monoisotopic (exact) mass is 353 g/mol. The number of hydrogen-bond donors (Lipinski definition) is 3. The van der Waals surface area contributed by atoms with Gasteiger partial charge in [0.15, 0.2) is 5.11 Å². The van der Waals surface area contributed by atoms with E-state index in [4.69, 9.17) is 22.7 Å². The van der Waals surface area contributed by atoms with Gasteiger partial charge in [-0.1, -0.05) is 42.2 Å². The number of rotatable bonds is 5. The standard InChI is InChI=1S/C19H19N3O2S/c20-18(25)22-17-11-9-15(10-12-17)6-4-5-13-21-19(23)24-14-16-7-2-1-3-8-16/h1-3,7-12H,5,13-14H2,(H,21,23)(H3,20,22,25). The fourth-order valence-corrected chi connectivity index (χ4v) is 2.06. The Morgan fingerprint density at radius 2 is 1.84 bits per heavy atom. The highest BCUT2D eigenvalue weighted by molar-refractivity contribution is 7.80. The average molecular weight is 353 g/mol. The summed E-state index contributed by atoms with van der Waals surface area (Å²) in [5.41, 5.74) is 8.05. The van der Waals surface area contributed by atoms with Gasteiger partial charge < -0.3 is 21.1 Å². The van der Waals surface area contributed by atoms with Crippen LogP contribution in [-0.2, 0) is 11.3 Å². The molecule has 0 aliphatic carbocycles. The van der Waals surface area contributed by atoms with Crippen LogP contribution < -0.4 is 16.4 Å². The molecule has 0 aromatic heterocycles. The molecule has 0 aliphatic rings. The van der Waals surface area contributed by atoms with Crippen molar-refractivity contribution < 1.29 is 9.53 Å². The van der Waals surface area contributed by atoms with Gasteiger partial charge in [0, 0.05) is 24.2 Å². The maximum atomic E-state index is 11.6. The molecule has 128 valence electrons. The molecular weight excluding hydrogens is 334 g/mol. The normalized spacial score (nSPS) is 9.44. The largest absolute Gasteiger partial charge is 0.445 e. The van der Waals surface area contributed by atoms with Crippen LogP contribution >= 0.6 is 12.2 Å². The van der Waals surface area contributed by atoms with E-state index in [1.165, 1.54) is 0 Å². The van der Waals surface area contributed by atoms with Crippen LogP contribution in [0.3, 0.4) is 0 Å². The average Bonchev–Trinajstić information content (AvgIpc) is 2.61. The number of carbonyl (C=O) groups is 1. The van der Waals surface area contributed by atoms with E-state index in [9.17, 15) is 4.79 Å². The summed E-state index contributed by atoms with van der Waals surface area (Å²) in [5.74, 6) is 6.02. The van der Waals surface area contributed by atoms with E-state index >= 15 is 0 Å². The maximum Gasteiger partial charge on any atom is 0.407 e. The zero-order chi connectivity index (χ0) is 17.9. The molecular formula is C19H19N3O2S. The summed E-state index contributed by atoms with van der Waals surface area (Å²) >= 11 is 4.77. The molecule has 0 bridgehead atoms. The number of amides is 1. The first kappa shape index (κ1) is 18.3. The number of anilines is 1. The lowest BCUT2D eigenvalue weighted by atomic mass is 10.2. The summed E-state index contributed by atoms with van der Waals surface area (Å²) < 4.78 is 5.11. The lowest BCUT2D eigenvalue weighted by molar-refractivity contribution is 0.140. The van der Waals surface area contributed by atoms with Crippen molar-refractivity contribution in [2.75, 3.05) is 11.9 Å². The third-order valence-corrected chi connectivity index (χ3v) is 3.22. The Kier molecular flexibility index (Phi) is 7.29. The molecule has 0 fully saturated rings. The number of alkyl carbamates (subject to hydrolysis) is 1. The predicted octanol–water partition coefficient (Wildman–Crippen LogP) is 3.01. The van der Waals surface area contributed by atoms with Crippen molar-refractivity contribution in [1.29, 1.82) is 0 Å². The van der Waals surface area contributed by atoms with Gasteiger partial charge in [-0.05, 0) is 42.0 Å². The highest BCUT2D eigenvalue weighted by Gasteiger charge is 2.00. The molecule has 0 saturated heterocycles. The molecule has 0 aliphatic heterocycles. The fourth-order valence-electron chi connectivity index (χ4n) is 1.94. The molecule has 0 spiro atoms. The van der Waals surface area contributed by atoms with Gasteiger partial charge in [-0.3, -0.25) is 0 Å². The van der Waals surface area contributed by atoms with Crippen molar-refractivity contribution in [2.24, 2.45) is 5.73 Å². The fraction of sp³-hybridized carbons (Fsp3) is 0.158. The van der Waals surface area contributed by atoms with Gasteiger partial charge in [-0.15, -0.1) is 0 Å². The van der Waals surface area contributed by atoms with Crippen molar-refractivity contribution in [3.05, 3.63) is 65.7 Å². The van der Waals surface area contributed by atoms with E-state index < -0.39 is 6.09 Å². The Bertz CT molecular complexity index is 765. The van der Waals surface area contributed by atoms with E-state index in [1.54, 1.807) is 0 Å². The lowest BCUT2D eigenvalue weighted by Crippen LogP contribution is -2.24. The first-order valence-electron chi connectivity index (χ1n) is 7.73. The minimum atomic E-state index is -0.446. The summed E-state index contributed by atoms with van der Waals surface area (Å²) in [7, 11) is 0. The minimum Gasteiger partial charge on any atom is -0.445 e. The molecule has 6 heteroatoms. The number of thiocarbonyl (C=S) groups is 1. The van der Waals surface area contributed by atoms with Gasteiger partial charge in [0.25, 0.3) is 0 Å². The van der Waals surface area contributed by atoms with Gasteiger partial charge in [0.05, 0.1) is 0 Å². The smallest absolute Gasteiger partial charge is 0.407 e. The number of nitrogens with one attached hydrogen (secondary N) is 2. The minimum absolute atomic E-state index is 0.226. The summed E-state index contributed by atoms with van der Waals surface area (Å²) in [6.07, 6.45) is 0.0895. The number of carbonyl (C=O) groups excluding carboxylic acids is 1. The Balaban J connectivity index is 1.66. The molecule has 2 aromatic rings. The predicted molar refractivity (Wildman–Crippen MR) is 103 cm³/mol. The number of ether oxygens (including phenoxy) is 1. The summed E-state index contributed by atoms with van der Waals surface area (Å²) in [4.78, 5) is 11.6. The van der Waals surface area contributed by atoms with Crippen molar-refractivity contribution >= 4 is 29.1 Å². The molecule has 0 radical (unpaired) electrons. The second-order valence-corrected chi connectivity index (χ2v) is 5.55. The molecule has 0 unspecified atom stereocenters. The van der Waals surface area contributed by atoms with Crippen LogP contribution in [-0.4, -0.2) is 17.8 Å². The zero-order valence-electron chi connectivity index (χ0n) is 13.6. The summed E-state index contributed by atoms with van der Waals surface area (Å²) in [6, 6.07) is 17.0. The van der Waals surface area contributed by atoms with Crippen LogP contribution in [0, 0.1) is 11.8 Å². The molecule has 0 saturated carbocycles. The van der Waals surface area contributed by atoms with Crippen LogP contribution in [0.1, 0.15) is 17.5 Å². The molecule has 1 amide bonds. The Hall–Kier alpha value is -3.04. The van der Waals surface area contributed by atoms with Crippen molar-refractivity contribution in [2.45, 2.75) is 13.0 Å². The molecule has 4 N–H and O–H groups in total. The first-order valence-corrected chi connectivity index (χ1v) is 8.14. The highest BCUT2D eigenvalue weighted by atomic mass is 32.1. The first-order chi connectivity index (χ1) is 12.1. The Morgan fingerprint density at radius 3 is 2.52 bits per heavy atom. The third-order valence-electron chi connectivity index (χ3n) is 3.12. The molecule has 2 aromatic carbocycles. The summed E-state index contributed by atoms with van der Waals surface area (Å²) in [6.45, 7) is 0.687. The van der Waals surface area contributed by atoms with Gasteiger partial charge in [0.2, 0.25) is 0 Å². The van der Waals surface area contributed by atoms with Gasteiger partial charge in [0.1, 0.15) is 6.61 Å². The molecule has 5 nitrogen and oxygen atoms in total. The Labute approximate surface area is 152 Å². The number of hydrogen-bond acceptors (Lipinski definition) is 3. The van der Waals surface area contributed by atoms with Crippen LogP contribution in [0.4, 0.5) is 10.5 Å². The molecule has 25 heavy (non-hydrogen) atoms. The van der Waals surface area contributed by atoms with Crippen molar-refractivity contribution in [3.63, 3.8) is 0 Å². The maximum absolute atomic E-state index is 11.6. The van der Waals surface area contributed by atoms with Gasteiger partial charge in [-0.2, -0.15) is 0 Å².